The molecule has 1 aliphatic rings. The van der Waals surface area contributed by atoms with Crippen molar-refractivity contribution >= 4 is 39.9 Å². The molecule has 0 fully saturated rings. The Kier molecular flexibility index (Phi) is 4.96. The molecule has 138 valence electrons. The minimum Gasteiger partial charge on any atom is -0.472 e. The Balaban J connectivity index is 1.40. The van der Waals surface area contributed by atoms with E-state index in [0.717, 1.165) is 16.1 Å². The molecule has 8 heteroatoms. The Morgan fingerprint density at radius 1 is 1.26 bits per heavy atom. The predicted octanol–water partition coefficient (Wildman–Crippen LogP) is 3.77. The maximum absolute atomic E-state index is 12.6. The van der Waals surface area contributed by atoms with Crippen LogP contribution in [0.15, 0.2) is 47.3 Å². The molecule has 0 saturated heterocycles. The molecule has 6 nitrogen and oxygen atoms in total. The fourth-order valence-corrected chi connectivity index (χ4v) is 4.06. The first-order valence-electron chi connectivity index (χ1n) is 8.43. The van der Waals surface area contributed by atoms with Crippen molar-refractivity contribution in [3.05, 3.63) is 69.6 Å². The Morgan fingerprint density at radius 3 is 2.81 bits per heavy atom. The van der Waals surface area contributed by atoms with Gasteiger partial charge in [-0.25, -0.2) is 4.98 Å². The van der Waals surface area contributed by atoms with E-state index in [-0.39, 0.29) is 11.8 Å². The quantitative estimate of drug-likeness (QED) is 0.722. The topological polar surface area (TPSA) is 75.4 Å². The fourth-order valence-electron chi connectivity index (χ4n) is 2.91. The van der Waals surface area contributed by atoms with E-state index in [1.54, 1.807) is 18.2 Å². The normalized spacial score (nSPS) is 13.3. The molecule has 0 aliphatic carbocycles. The Bertz CT molecular complexity index is 967. The lowest BCUT2D eigenvalue weighted by atomic mass is 10.1. The van der Waals surface area contributed by atoms with E-state index in [0.29, 0.717) is 41.6 Å². The van der Waals surface area contributed by atoms with E-state index in [4.69, 9.17) is 16.0 Å². The zero-order chi connectivity index (χ0) is 18.8. The molecule has 4 rings (SSSR count). The predicted molar refractivity (Wildman–Crippen MR) is 103 cm³/mol. The minimum absolute atomic E-state index is 0.0698. The van der Waals surface area contributed by atoms with Gasteiger partial charge in [0.15, 0.2) is 5.13 Å². The highest BCUT2D eigenvalue weighted by Crippen LogP contribution is 2.29. The van der Waals surface area contributed by atoms with Crippen molar-refractivity contribution in [3.63, 3.8) is 0 Å². The van der Waals surface area contributed by atoms with Crippen LogP contribution in [0.3, 0.4) is 0 Å². The van der Waals surface area contributed by atoms with E-state index in [9.17, 15) is 9.59 Å². The molecular formula is C19H16ClN3O3S. The van der Waals surface area contributed by atoms with Crippen LogP contribution in [0.2, 0.25) is 5.02 Å². The van der Waals surface area contributed by atoms with Crippen LogP contribution in [-0.4, -0.2) is 28.2 Å². The SMILES string of the molecule is O=C(Nc1nc2c(s1)CN(C(=O)Cc1ccc(Cl)cc1)CC2)c1ccoc1. The number of nitrogens with one attached hydrogen (secondary N) is 1. The third kappa shape index (κ3) is 4.04. The second-order valence-electron chi connectivity index (χ2n) is 6.22. The summed E-state index contributed by atoms with van der Waals surface area (Å²) in [5.74, 6) is -0.189. The second kappa shape index (κ2) is 7.54. The number of rotatable bonds is 4. The van der Waals surface area contributed by atoms with Crippen molar-refractivity contribution in [2.75, 3.05) is 11.9 Å². The smallest absolute Gasteiger partial charge is 0.260 e. The van der Waals surface area contributed by atoms with Gasteiger partial charge in [-0.15, -0.1) is 0 Å². The van der Waals surface area contributed by atoms with Gasteiger partial charge in [0.1, 0.15) is 6.26 Å². The van der Waals surface area contributed by atoms with E-state index in [1.165, 1.54) is 23.9 Å². The van der Waals surface area contributed by atoms with Gasteiger partial charge in [0.25, 0.3) is 5.91 Å². The molecule has 0 unspecified atom stereocenters. The molecular weight excluding hydrogens is 386 g/mol. The van der Waals surface area contributed by atoms with Crippen molar-refractivity contribution in [3.8, 4) is 0 Å². The number of hydrogen-bond acceptors (Lipinski definition) is 5. The maximum atomic E-state index is 12.6. The van der Waals surface area contributed by atoms with Crippen LogP contribution in [0.4, 0.5) is 5.13 Å². The van der Waals surface area contributed by atoms with Gasteiger partial charge in [-0.1, -0.05) is 35.1 Å². The lowest BCUT2D eigenvalue weighted by molar-refractivity contribution is -0.131. The standard InChI is InChI=1S/C19H16ClN3O3S/c20-14-3-1-12(2-4-14)9-17(24)23-7-5-15-16(10-23)27-19(21-15)22-18(25)13-6-8-26-11-13/h1-4,6,8,11H,5,7,9-10H2,(H,21,22,25). The molecule has 0 spiro atoms. The average molecular weight is 402 g/mol. The summed E-state index contributed by atoms with van der Waals surface area (Å²) in [5, 5.41) is 3.98. The third-order valence-electron chi connectivity index (χ3n) is 4.36. The van der Waals surface area contributed by atoms with Crippen LogP contribution in [0.5, 0.6) is 0 Å². The van der Waals surface area contributed by atoms with Crippen molar-refractivity contribution < 1.29 is 14.0 Å². The summed E-state index contributed by atoms with van der Waals surface area (Å²) in [6, 6.07) is 8.91. The highest BCUT2D eigenvalue weighted by Gasteiger charge is 2.24. The molecule has 1 aromatic carbocycles. The van der Waals surface area contributed by atoms with E-state index < -0.39 is 0 Å². The molecule has 0 saturated carbocycles. The van der Waals surface area contributed by atoms with E-state index in [2.05, 4.69) is 10.3 Å². The second-order valence-corrected chi connectivity index (χ2v) is 7.74. The number of fused-ring (bicyclic) bond motifs is 1. The zero-order valence-corrected chi connectivity index (χ0v) is 15.8. The first kappa shape index (κ1) is 17.8. The number of nitrogens with zero attached hydrogens (tertiary/aromatic N) is 2. The van der Waals surface area contributed by atoms with Gasteiger partial charge < -0.3 is 9.32 Å². The van der Waals surface area contributed by atoms with Crippen LogP contribution in [0.25, 0.3) is 0 Å². The van der Waals surface area contributed by atoms with Crippen molar-refractivity contribution in [1.82, 2.24) is 9.88 Å². The van der Waals surface area contributed by atoms with Crippen LogP contribution in [0, 0.1) is 0 Å². The Morgan fingerprint density at radius 2 is 2.07 bits per heavy atom. The van der Waals surface area contributed by atoms with Gasteiger partial charge in [0.05, 0.1) is 30.5 Å². The lowest BCUT2D eigenvalue weighted by Gasteiger charge is -2.26. The molecule has 3 aromatic rings. The zero-order valence-electron chi connectivity index (χ0n) is 14.3. The number of anilines is 1. The Hall–Kier alpha value is -2.64. The van der Waals surface area contributed by atoms with Crippen molar-refractivity contribution in [2.45, 2.75) is 19.4 Å². The summed E-state index contributed by atoms with van der Waals surface area (Å²) < 4.78 is 4.92. The molecule has 0 radical (unpaired) electrons. The maximum Gasteiger partial charge on any atom is 0.260 e. The van der Waals surface area contributed by atoms with Crippen LogP contribution < -0.4 is 5.32 Å². The molecule has 2 amide bonds. The van der Waals surface area contributed by atoms with E-state index >= 15 is 0 Å². The number of thiazole rings is 1. The summed E-state index contributed by atoms with van der Waals surface area (Å²) in [7, 11) is 0. The number of halogens is 1. The largest absolute Gasteiger partial charge is 0.472 e. The fraction of sp³-hybridized carbons (Fsp3) is 0.211. The van der Waals surface area contributed by atoms with E-state index in [1.807, 2.05) is 17.0 Å². The molecule has 1 aliphatic heterocycles. The first-order chi connectivity index (χ1) is 13.1. The molecule has 0 bridgehead atoms. The number of amides is 2. The average Bonchev–Trinajstić information content (AvgIpc) is 3.32. The summed E-state index contributed by atoms with van der Waals surface area (Å²) in [6.07, 6.45) is 3.86. The highest BCUT2D eigenvalue weighted by atomic mass is 35.5. The highest BCUT2D eigenvalue weighted by molar-refractivity contribution is 7.15. The summed E-state index contributed by atoms with van der Waals surface area (Å²) in [4.78, 5) is 32.0. The van der Waals surface area contributed by atoms with Gasteiger partial charge in [0.2, 0.25) is 5.91 Å². The molecule has 1 N–H and O–H groups in total. The molecule has 3 heterocycles. The molecule has 27 heavy (non-hydrogen) atoms. The molecule has 0 atom stereocenters. The minimum atomic E-state index is -0.259. The monoisotopic (exact) mass is 401 g/mol. The lowest BCUT2D eigenvalue weighted by Crippen LogP contribution is -2.36. The first-order valence-corrected chi connectivity index (χ1v) is 9.62. The number of aromatic nitrogens is 1. The Labute approximate surface area is 164 Å². The number of hydrogen-bond donors (Lipinski definition) is 1. The van der Waals surface area contributed by atoms with Gasteiger partial charge in [-0.2, -0.15) is 0 Å². The van der Waals surface area contributed by atoms with Gasteiger partial charge in [0, 0.05) is 22.9 Å². The summed E-state index contributed by atoms with van der Waals surface area (Å²) in [6.45, 7) is 1.14. The van der Waals surface area contributed by atoms with Crippen LogP contribution >= 0.6 is 22.9 Å². The van der Waals surface area contributed by atoms with Gasteiger partial charge in [-0.05, 0) is 23.8 Å². The third-order valence-corrected chi connectivity index (χ3v) is 5.61. The number of furan rings is 1. The number of carbonyl (C=O) groups excluding carboxylic acids is 2. The number of carbonyl (C=O) groups is 2. The molecule has 2 aromatic heterocycles. The number of benzene rings is 1. The summed E-state index contributed by atoms with van der Waals surface area (Å²) >= 11 is 7.29. The van der Waals surface area contributed by atoms with Crippen molar-refractivity contribution in [2.24, 2.45) is 0 Å². The van der Waals surface area contributed by atoms with Gasteiger partial charge >= 0.3 is 0 Å². The van der Waals surface area contributed by atoms with Crippen LogP contribution in [-0.2, 0) is 24.2 Å². The summed E-state index contributed by atoms with van der Waals surface area (Å²) in [5.41, 5.74) is 2.33. The van der Waals surface area contributed by atoms with Crippen LogP contribution in [0.1, 0.15) is 26.5 Å². The van der Waals surface area contributed by atoms with Gasteiger partial charge in [-0.3, -0.25) is 14.9 Å². The van der Waals surface area contributed by atoms with Crippen molar-refractivity contribution in [1.29, 1.82) is 0 Å².